The van der Waals surface area contributed by atoms with Gasteiger partial charge in [0.25, 0.3) is 5.91 Å². The molecule has 0 aromatic heterocycles. The number of nitrogens with one attached hydrogen (secondary N) is 2. The number of hydrazine groups is 1. The molecule has 0 spiro atoms. The SMILES string of the molecule is CC(=O)NNC(=O)[C@H](O)[C@@H](O)[C@H](O)[C@H](O)CO. The molecule has 0 saturated heterocycles. The van der Waals surface area contributed by atoms with E-state index in [4.69, 9.17) is 10.2 Å². The summed E-state index contributed by atoms with van der Waals surface area (Å²) in [5.41, 5.74) is 3.63. The molecule has 0 aromatic rings. The van der Waals surface area contributed by atoms with Crippen LogP contribution in [0.2, 0.25) is 0 Å². The van der Waals surface area contributed by atoms with Crippen LogP contribution >= 0.6 is 0 Å². The first kappa shape index (κ1) is 15.7. The van der Waals surface area contributed by atoms with Gasteiger partial charge in [-0.05, 0) is 0 Å². The third-order valence-corrected chi connectivity index (χ3v) is 1.89. The number of aliphatic hydroxyl groups excluding tert-OH is 5. The highest BCUT2D eigenvalue weighted by atomic mass is 16.4. The van der Waals surface area contributed by atoms with Crippen LogP contribution in [0.3, 0.4) is 0 Å². The standard InChI is InChI=1S/C8H16N2O7/c1-3(12)9-10-8(17)7(16)6(15)5(14)4(13)2-11/h4-7,11,13-16H,2H2,1H3,(H,9,12)(H,10,17)/t4-,5-,6+,7-/m1/s1. The molecule has 0 radical (unpaired) electrons. The molecule has 0 heterocycles. The molecule has 0 rings (SSSR count). The zero-order chi connectivity index (χ0) is 13.6. The van der Waals surface area contributed by atoms with Gasteiger partial charge in [0, 0.05) is 6.92 Å². The van der Waals surface area contributed by atoms with Crippen molar-refractivity contribution in [3.05, 3.63) is 0 Å². The van der Waals surface area contributed by atoms with Gasteiger partial charge in [0.1, 0.15) is 18.3 Å². The topological polar surface area (TPSA) is 159 Å². The molecule has 0 bridgehead atoms. The fourth-order valence-electron chi connectivity index (χ4n) is 0.901. The van der Waals surface area contributed by atoms with Crippen molar-refractivity contribution in [1.29, 1.82) is 0 Å². The van der Waals surface area contributed by atoms with Crippen LogP contribution in [-0.2, 0) is 9.59 Å². The van der Waals surface area contributed by atoms with Crippen LogP contribution < -0.4 is 10.9 Å². The highest BCUT2D eigenvalue weighted by Gasteiger charge is 2.34. The molecular weight excluding hydrogens is 236 g/mol. The lowest BCUT2D eigenvalue weighted by molar-refractivity contribution is -0.150. The van der Waals surface area contributed by atoms with Crippen LogP contribution in [0.5, 0.6) is 0 Å². The summed E-state index contributed by atoms with van der Waals surface area (Å²) < 4.78 is 0. The third-order valence-electron chi connectivity index (χ3n) is 1.89. The number of amides is 2. The number of hydrogen-bond donors (Lipinski definition) is 7. The van der Waals surface area contributed by atoms with Crippen LogP contribution in [0.15, 0.2) is 0 Å². The number of carbonyl (C=O) groups excluding carboxylic acids is 2. The minimum absolute atomic E-state index is 0.601. The van der Waals surface area contributed by atoms with Crippen molar-refractivity contribution in [3.63, 3.8) is 0 Å². The number of rotatable bonds is 5. The van der Waals surface area contributed by atoms with Gasteiger partial charge in [-0.15, -0.1) is 0 Å². The molecule has 0 aliphatic heterocycles. The van der Waals surface area contributed by atoms with Crippen molar-refractivity contribution in [2.45, 2.75) is 31.3 Å². The van der Waals surface area contributed by atoms with Crippen molar-refractivity contribution >= 4 is 11.8 Å². The average Bonchev–Trinajstić information content (AvgIpc) is 2.31. The number of hydrogen-bond acceptors (Lipinski definition) is 7. The summed E-state index contributed by atoms with van der Waals surface area (Å²) in [5.74, 6) is -1.77. The Hall–Kier alpha value is -1.26. The minimum Gasteiger partial charge on any atom is -0.394 e. The van der Waals surface area contributed by atoms with E-state index in [0.717, 1.165) is 6.92 Å². The zero-order valence-corrected chi connectivity index (χ0v) is 9.07. The molecule has 0 aromatic carbocycles. The van der Waals surface area contributed by atoms with Crippen molar-refractivity contribution < 1.29 is 35.1 Å². The summed E-state index contributed by atoms with van der Waals surface area (Å²) in [6.07, 6.45) is -7.68. The maximum Gasteiger partial charge on any atom is 0.270 e. The monoisotopic (exact) mass is 252 g/mol. The molecule has 7 N–H and O–H groups in total. The van der Waals surface area contributed by atoms with E-state index < -0.39 is 42.8 Å². The van der Waals surface area contributed by atoms with E-state index >= 15 is 0 Å². The molecule has 0 saturated carbocycles. The van der Waals surface area contributed by atoms with Gasteiger partial charge in [0.05, 0.1) is 6.61 Å². The minimum atomic E-state index is -2.07. The summed E-state index contributed by atoms with van der Waals surface area (Å²) in [6.45, 7) is 0.256. The molecule has 0 unspecified atom stereocenters. The fourth-order valence-corrected chi connectivity index (χ4v) is 0.901. The first-order valence-corrected chi connectivity index (χ1v) is 4.70. The third kappa shape index (κ3) is 5.06. The molecule has 17 heavy (non-hydrogen) atoms. The molecule has 4 atom stereocenters. The molecular formula is C8H16N2O7. The first-order chi connectivity index (χ1) is 7.81. The quantitative estimate of drug-likeness (QED) is 0.243. The van der Waals surface area contributed by atoms with Crippen molar-refractivity contribution in [2.75, 3.05) is 6.61 Å². The van der Waals surface area contributed by atoms with Crippen LogP contribution in [0.4, 0.5) is 0 Å². The Morgan fingerprint density at radius 3 is 2.00 bits per heavy atom. The fraction of sp³-hybridized carbons (Fsp3) is 0.750. The molecule has 9 nitrogen and oxygen atoms in total. The number of aliphatic hydroxyl groups is 5. The van der Waals surface area contributed by atoms with Gasteiger partial charge in [0.2, 0.25) is 5.91 Å². The van der Waals surface area contributed by atoms with Crippen LogP contribution in [-0.4, -0.2) is 68.4 Å². The van der Waals surface area contributed by atoms with E-state index in [2.05, 4.69) is 0 Å². The van der Waals surface area contributed by atoms with Crippen LogP contribution in [0, 0.1) is 0 Å². The second kappa shape index (κ2) is 7.14. The Kier molecular flexibility index (Phi) is 6.61. The van der Waals surface area contributed by atoms with Crippen molar-refractivity contribution in [2.24, 2.45) is 0 Å². The van der Waals surface area contributed by atoms with E-state index in [0.29, 0.717) is 0 Å². The molecule has 0 aliphatic carbocycles. The maximum atomic E-state index is 11.1. The lowest BCUT2D eigenvalue weighted by atomic mass is 10.0. The maximum absolute atomic E-state index is 11.1. The van der Waals surface area contributed by atoms with Crippen molar-refractivity contribution in [3.8, 4) is 0 Å². The van der Waals surface area contributed by atoms with Crippen molar-refractivity contribution in [1.82, 2.24) is 10.9 Å². The van der Waals surface area contributed by atoms with Crippen LogP contribution in [0.25, 0.3) is 0 Å². The van der Waals surface area contributed by atoms with E-state index in [1.165, 1.54) is 0 Å². The van der Waals surface area contributed by atoms with Gasteiger partial charge >= 0.3 is 0 Å². The second-order valence-corrected chi connectivity index (χ2v) is 3.35. The summed E-state index contributed by atoms with van der Waals surface area (Å²) >= 11 is 0. The predicted molar refractivity (Wildman–Crippen MR) is 53.1 cm³/mol. The summed E-state index contributed by atoms with van der Waals surface area (Å²) in [4.78, 5) is 21.5. The van der Waals surface area contributed by atoms with E-state index in [1.807, 2.05) is 5.43 Å². The average molecular weight is 252 g/mol. The van der Waals surface area contributed by atoms with Gasteiger partial charge in [-0.2, -0.15) is 0 Å². The summed E-state index contributed by atoms with van der Waals surface area (Å²) in [5, 5.41) is 45.2. The highest BCUT2D eigenvalue weighted by Crippen LogP contribution is 2.04. The zero-order valence-electron chi connectivity index (χ0n) is 9.07. The second-order valence-electron chi connectivity index (χ2n) is 3.35. The normalized spacial score (nSPS) is 17.8. The lowest BCUT2D eigenvalue weighted by Gasteiger charge is -2.24. The molecule has 0 aliphatic rings. The first-order valence-electron chi connectivity index (χ1n) is 4.70. The van der Waals surface area contributed by atoms with Gasteiger partial charge < -0.3 is 25.5 Å². The van der Waals surface area contributed by atoms with Gasteiger partial charge in [-0.3, -0.25) is 20.4 Å². The lowest BCUT2D eigenvalue weighted by Crippen LogP contribution is -2.54. The number of carbonyl (C=O) groups is 2. The Bertz CT molecular complexity index is 273. The Balaban J connectivity index is 4.32. The summed E-state index contributed by atoms with van der Waals surface area (Å²) in [6, 6.07) is 0. The predicted octanol–water partition coefficient (Wildman–Crippen LogP) is -4.41. The smallest absolute Gasteiger partial charge is 0.270 e. The largest absolute Gasteiger partial charge is 0.394 e. The molecule has 100 valence electrons. The van der Waals surface area contributed by atoms with Gasteiger partial charge in [-0.25, -0.2) is 0 Å². The Morgan fingerprint density at radius 2 is 1.59 bits per heavy atom. The van der Waals surface area contributed by atoms with Gasteiger partial charge in [0.15, 0.2) is 6.10 Å². The Labute approximate surface area is 96.7 Å². The Morgan fingerprint density at radius 1 is 1.06 bits per heavy atom. The highest BCUT2D eigenvalue weighted by molar-refractivity contribution is 5.84. The van der Waals surface area contributed by atoms with E-state index in [9.17, 15) is 24.9 Å². The van der Waals surface area contributed by atoms with Gasteiger partial charge in [-0.1, -0.05) is 0 Å². The molecule has 9 heteroatoms. The molecule has 0 fully saturated rings. The van der Waals surface area contributed by atoms with E-state index in [-0.39, 0.29) is 0 Å². The van der Waals surface area contributed by atoms with Crippen LogP contribution in [0.1, 0.15) is 6.92 Å². The summed E-state index contributed by atoms with van der Waals surface area (Å²) in [7, 11) is 0. The molecule has 2 amide bonds. The van der Waals surface area contributed by atoms with E-state index in [1.54, 1.807) is 5.43 Å².